The summed E-state index contributed by atoms with van der Waals surface area (Å²) < 4.78 is 10.9. The van der Waals surface area contributed by atoms with Gasteiger partial charge in [0.15, 0.2) is 5.76 Å². The zero-order chi connectivity index (χ0) is 19.0. The topological polar surface area (TPSA) is 63.0 Å². The van der Waals surface area contributed by atoms with Crippen LogP contribution in [0.1, 0.15) is 46.3 Å². The summed E-state index contributed by atoms with van der Waals surface area (Å²) in [7, 11) is 0. The summed E-state index contributed by atoms with van der Waals surface area (Å²) in [6, 6.07) is 11.8. The van der Waals surface area contributed by atoms with Gasteiger partial charge in [0.25, 0.3) is 5.91 Å². The molecule has 2 aliphatic heterocycles. The molecule has 0 radical (unpaired) electrons. The highest BCUT2D eigenvalue weighted by Gasteiger charge is 2.40. The van der Waals surface area contributed by atoms with Crippen molar-refractivity contribution in [3.63, 3.8) is 0 Å². The van der Waals surface area contributed by atoms with Crippen LogP contribution < -0.4 is 0 Å². The third kappa shape index (κ3) is 3.31. The van der Waals surface area contributed by atoms with Crippen LogP contribution in [0.15, 0.2) is 40.8 Å². The van der Waals surface area contributed by atoms with Crippen molar-refractivity contribution in [3.05, 3.63) is 59.0 Å². The number of hydrogen-bond donors (Lipinski definition) is 0. The van der Waals surface area contributed by atoms with Crippen LogP contribution in [-0.4, -0.2) is 47.5 Å². The quantitative estimate of drug-likeness (QED) is 0.829. The molecule has 27 heavy (non-hydrogen) atoms. The molecule has 0 bridgehead atoms. The number of hydrogen-bond acceptors (Lipinski definition) is 4. The molecule has 142 valence electrons. The summed E-state index contributed by atoms with van der Waals surface area (Å²) in [6.45, 7) is 5.39. The number of cyclic esters (lactones) is 1. The van der Waals surface area contributed by atoms with Crippen molar-refractivity contribution in [2.24, 2.45) is 0 Å². The Balaban J connectivity index is 1.43. The molecule has 2 amide bonds. The first-order chi connectivity index (χ1) is 13.0. The standard InChI is InChI=1S/C21H24N2O4/c1-14-12-19(27-15(14)2)20(24)22-10-8-17(9-11-22)23-18(13-26-21(23)25)16-6-4-3-5-7-16/h3-7,12,17-18H,8-11,13H2,1-2H3. The molecule has 1 unspecified atom stereocenters. The Morgan fingerprint density at radius 1 is 1.11 bits per heavy atom. The van der Waals surface area contributed by atoms with E-state index in [4.69, 9.17) is 9.15 Å². The van der Waals surface area contributed by atoms with Crippen LogP contribution in [0.3, 0.4) is 0 Å². The van der Waals surface area contributed by atoms with Crippen molar-refractivity contribution in [2.45, 2.75) is 38.8 Å². The minimum Gasteiger partial charge on any atom is -0.456 e. The van der Waals surface area contributed by atoms with Gasteiger partial charge >= 0.3 is 6.09 Å². The van der Waals surface area contributed by atoms with E-state index in [1.165, 1.54) is 0 Å². The first-order valence-electron chi connectivity index (χ1n) is 9.41. The van der Waals surface area contributed by atoms with E-state index in [1.54, 1.807) is 6.07 Å². The van der Waals surface area contributed by atoms with Crippen molar-refractivity contribution in [3.8, 4) is 0 Å². The highest BCUT2D eigenvalue weighted by atomic mass is 16.6. The van der Waals surface area contributed by atoms with Gasteiger partial charge in [0.05, 0.1) is 6.04 Å². The normalized spacial score (nSPS) is 20.8. The van der Waals surface area contributed by atoms with E-state index in [1.807, 2.05) is 54.0 Å². The molecule has 0 N–H and O–H groups in total. The fourth-order valence-corrected chi connectivity index (χ4v) is 3.95. The number of aryl methyl sites for hydroxylation is 2. The number of piperidine rings is 1. The first-order valence-corrected chi connectivity index (χ1v) is 9.41. The predicted molar refractivity (Wildman–Crippen MR) is 99.5 cm³/mol. The third-order valence-corrected chi connectivity index (χ3v) is 5.62. The Morgan fingerprint density at radius 2 is 1.81 bits per heavy atom. The number of furan rings is 1. The summed E-state index contributed by atoms with van der Waals surface area (Å²) in [4.78, 5) is 28.7. The molecule has 1 aromatic heterocycles. The van der Waals surface area contributed by atoms with Crippen LogP contribution in [0.2, 0.25) is 0 Å². The molecule has 0 aliphatic carbocycles. The van der Waals surface area contributed by atoms with Crippen LogP contribution in [0, 0.1) is 13.8 Å². The Bertz CT molecular complexity index is 818. The van der Waals surface area contributed by atoms with Crippen LogP contribution in [0.25, 0.3) is 0 Å². The van der Waals surface area contributed by atoms with Crippen LogP contribution in [0.5, 0.6) is 0 Å². The maximum absolute atomic E-state index is 12.7. The minimum absolute atomic E-state index is 0.0543. The molecule has 0 saturated carbocycles. The zero-order valence-corrected chi connectivity index (χ0v) is 15.7. The van der Waals surface area contributed by atoms with Crippen LogP contribution in [0.4, 0.5) is 4.79 Å². The Morgan fingerprint density at radius 3 is 2.44 bits per heavy atom. The van der Waals surface area contributed by atoms with Crippen molar-refractivity contribution < 1.29 is 18.7 Å². The van der Waals surface area contributed by atoms with E-state index >= 15 is 0 Å². The van der Waals surface area contributed by atoms with Crippen LogP contribution in [-0.2, 0) is 4.74 Å². The summed E-state index contributed by atoms with van der Waals surface area (Å²) in [5, 5.41) is 0. The summed E-state index contributed by atoms with van der Waals surface area (Å²) in [6.07, 6.45) is 1.22. The predicted octanol–water partition coefficient (Wildman–Crippen LogP) is 3.69. The highest BCUT2D eigenvalue weighted by Crippen LogP contribution is 2.33. The largest absolute Gasteiger partial charge is 0.456 e. The second-order valence-electron chi connectivity index (χ2n) is 7.28. The molecule has 2 aliphatic rings. The molecule has 6 nitrogen and oxygen atoms in total. The monoisotopic (exact) mass is 368 g/mol. The lowest BCUT2D eigenvalue weighted by Crippen LogP contribution is -2.47. The number of nitrogens with zero attached hydrogens (tertiary/aromatic N) is 2. The zero-order valence-electron chi connectivity index (χ0n) is 15.7. The molecule has 4 rings (SSSR count). The molecular weight excluding hydrogens is 344 g/mol. The summed E-state index contributed by atoms with van der Waals surface area (Å²) in [5.41, 5.74) is 2.07. The third-order valence-electron chi connectivity index (χ3n) is 5.62. The van der Waals surface area contributed by atoms with Crippen molar-refractivity contribution >= 4 is 12.0 Å². The highest BCUT2D eigenvalue weighted by molar-refractivity contribution is 5.91. The molecular formula is C21H24N2O4. The van der Waals surface area contributed by atoms with Gasteiger partial charge in [-0.3, -0.25) is 9.69 Å². The average molecular weight is 368 g/mol. The smallest absolute Gasteiger partial charge is 0.410 e. The van der Waals surface area contributed by atoms with Crippen LogP contribution >= 0.6 is 0 Å². The van der Waals surface area contributed by atoms with E-state index < -0.39 is 0 Å². The van der Waals surface area contributed by atoms with Crippen molar-refractivity contribution in [1.82, 2.24) is 9.80 Å². The van der Waals surface area contributed by atoms with E-state index in [9.17, 15) is 9.59 Å². The number of carbonyl (C=O) groups is 2. The number of amides is 2. The first kappa shape index (κ1) is 17.6. The van der Waals surface area contributed by atoms with Gasteiger partial charge in [0, 0.05) is 19.1 Å². The number of rotatable bonds is 3. The lowest BCUT2D eigenvalue weighted by molar-refractivity contribution is 0.0605. The number of ether oxygens (including phenoxy) is 1. The van der Waals surface area contributed by atoms with Gasteiger partial charge in [0.1, 0.15) is 12.4 Å². The van der Waals surface area contributed by atoms with Crippen molar-refractivity contribution in [2.75, 3.05) is 19.7 Å². The number of carbonyl (C=O) groups excluding carboxylic acids is 2. The average Bonchev–Trinajstić information content (AvgIpc) is 3.24. The SMILES string of the molecule is Cc1cc(C(=O)N2CCC(N3C(=O)OCC3c3ccccc3)CC2)oc1C. The number of likely N-dealkylation sites (tertiary alicyclic amines) is 1. The Labute approximate surface area is 158 Å². The molecule has 3 heterocycles. The van der Waals surface area contributed by atoms with Crippen molar-refractivity contribution in [1.29, 1.82) is 0 Å². The second kappa shape index (κ2) is 7.10. The minimum atomic E-state index is -0.258. The van der Waals surface area contributed by atoms with Gasteiger partial charge in [-0.1, -0.05) is 30.3 Å². The van der Waals surface area contributed by atoms with Gasteiger partial charge in [-0.15, -0.1) is 0 Å². The molecule has 1 aromatic carbocycles. The van der Waals surface area contributed by atoms with E-state index in [0.717, 1.165) is 29.7 Å². The summed E-state index contributed by atoms with van der Waals surface area (Å²) in [5.74, 6) is 1.10. The van der Waals surface area contributed by atoms with Gasteiger partial charge < -0.3 is 14.1 Å². The van der Waals surface area contributed by atoms with E-state index in [2.05, 4.69) is 0 Å². The summed E-state index contributed by atoms with van der Waals surface area (Å²) >= 11 is 0. The lowest BCUT2D eigenvalue weighted by Gasteiger charge is -2.37. The molecule has 0 spiro atoms. The van der Waals surface area contributed by atoms with Gasteiger partial charge in [-0.25, -0.2) is 4.79 Å². The molecule has 6 heteroatoms. The Hall–Kier alpha value is -2.76. The Kier molecular flexibility index (Phi) is 4.64. The van der Waals surface area contributed by atoms with E-state index in [-0.39, 0.29) is 24.1 Å². The van der Waals surface area contributed by atoms with Gasteiger partial charge in [-0.2, -0.15) is 0 Å². The second-order valence-corrected chi connectivity index (χ2v) is 7.28. The fraction of sp³-hybridized carbons (Fsp3) is 0.429. The maximum Gasteiger partial charge on any atom is 0.410 e. The molecule has 2 saturated heterocycles. The molecule has 2 aromatic rings. The number of benzene rings is 1. The van der Waals surface area contributed by atoms with E-state index in [0.29, 0.717) is 25.5 Å². The maximum atomic E-state index is 12.7. The molecule has 1 atom stereocenters. The van der Waals surface area contributed by atoms with Gasteiger partial charge in [0.2, 0.25) is 0 Å². The fourth-order valence-electron chi connectivity index (χ4n) is 3.95. The molecule has 2 fully saturated rings. The van der Waals surface area contributed by atoms with Gasteiger partial charge in [-0.05, 0) is 43.9 Å². The lowest BCUT2D eigenvalue weighted by atomic mass is 9.99.